The van der Waals surface area contributed by atoms with Gasteiger partial charge in [-0.15, -0.1) is 0 Å². The van der Waals surface area contributed by atoms with Gasteiger partial charge in [-0.05, 0) is 44.5 Å². The van der Waals surface area contributed by atoms with E-state index in [9.17, 15) is 0 Å². The summed E-state index contributed by atoms with van der Waals surface area (Å²) in [6, 6.07) is 83.8. The van der Waals surface area contributed by atoms with E-state index in [4.69, 9.17) is 44.9 Å². The average molecular weight is 924 g/mol. The van der Waals surface area contributed by atoms with Crippen LogP contribution >= 0.6 is 0 Å². The SMILES string of the molecule is c1ccc(-c2ccc(-c3nc(-c4ccc(-c5ccccc5)cc4)nc(-c4nc(-c5ccccc5)nc(-c5nc(-c6ccc(-c7ccccc7)cc6)nc(-c6ccc(-c7ccccc7)cc6)n5)n4)n3)cc2)cc1. The van der Waals surface area contributed by atoms with E-state index >= 15 is 0 Å². The van der Waals surface area contributed by atoms with Crippen molar-refractivity contribution in [2.24, 2.45) is 0 Å². The van der Waals surface area contributed by atoms with Crippen molar-refractivity contribution in [3.63, 3.8) is 0 Å². The average Bonchev–Trinajstić information content (AvgIpc) is 3.48. The molecule has 0 bridgehead atoms. The fourth-order valence-electron chi connectivity index (χ4n) is 8.53. The summed E-state index contributed by atoms with van der Waals surface area (Å²) in [5.74, 6) is 3.25. The van der Waals surface area contributed by atoms with Crippen LogP contribution in [0.15, 0.2) is 249 Å². The van der Waals surface area contributed by atoms with Crippen molar-refractivity contribution in [1.82, 2.24) is 44.9 Å². The molecule has 0 aliphatic carbocycles. The largest absolute Gasteiger partial charge is 0.208 e. The molecule has 0 radical (unpaired) electrons. The fraction of sp³-hybridized carbons (Fsp3) is 0. The standard InChI is InChI=1S/C63H41N9/c1-6-16-42(17-7-1)46-26-34-51(35-27-46)56-64-57(52-36-28-47(29-37-52)43-18-8-2-9-19-43)69-60(68-56)62-66-55(50-24-14-5-15-25-50)67-63(72-62)61-70-58(53-38-30-48(31-39-53)44-20-10-3-11-21-44)65-59(71-61)54-40-32-49(33-41-54)45-22-12-4-13-23-45/h1-41H. The maximum atomic E-state index is 5.13. The Kier molecular flexibility index (Phi) is 11.8. The van der Waals surface area contributed by atoms with Crippen LogP contribution < -0.4 is 0 Å². The van der Waals surface area contributed by atoms with Crippen LogP contribution in [-0.4, -0.2) is 44.9 Å². The quantitative estimate of drug-likeness (QED) is 0.125. The van der Waals surface area contributed by atoms with Gasteiger partial charge in [0.2, 0.25) is 23.3 Å². The van der Waals surface area contributed by atoms with Crippen LogP contribution in [0.4, 0.5) is 0 Å². The first-order valence-electron chi connectivity index (χ1n) is 23.6. The first kappa shape index (κ1) is 43.3. The number of hydrogen-bond acceptors (Lipinski definition) is 9. The molecule has 0 amide bonds. The predicted octanol–water partition coefficient (Wildman–Crippen LogP) is 14.6. The van der Waals surface area contributed by atoms with Crippen molar-refractivity contribution < 1.29 is 0 Å². The molecule has 0 aliphatic heterocycles. The van der Waals surface area contributed by atoms with E-state index in [1.807, 2.05) is 152 Å². The summed E-state index contributed by atoms with van der Waals surface area (Å²) < 4.78 is 0. The van der Waals surface area contributed by atoms with E-state index < -0.39 is 0 Å². The van der Waals surface area contributed by atoms with Gasteiger partial charge in [-0.1, -0.05) is 249 Å². The zero-order valence-electron chi connectivity index (χ0n) is 38.7. The third kappa shape index (κ3) is 9.29. The summed E-state index contributed by atoms with van der Waals surface area (Å²) >= 11 is 0. The molecule has 12 rings (SSSR count). The molecule has 12 aromatic rings. The molecule has 72 heavy (non-hydrogen) atoms. The Morgan fingerprint density at radius 1 is 0.111 bits per heavy atom. The Hall–Kier alpha value is -9.99. The molecule has 9 aromatic carbocycles. The van der Waals surface area contributed by atoms with Crippen molar-refractivity contribution in [3.05, 3.63) is 249 Å². The second kappa shape index (κ2) is 19.6. The molecule has 3 heterocycles. The fourth-order valence-corrected chi connectivity index (χ4v) is 8.53. The molecular weight excluding hydrogens is 883 g/mol. The topological polar surface area (TPSA) is 116 Å². The molecule has 0 spiro atoms. The van der Waals surface area contributed by atoms with Crippen LogP contribution in [0, 0.1) is 0 Å². The minimum absolute atomic E-state index is 0.230. The van der Waals surface area contributed by atoms with Crippen LogP contribution in [0.2, 0.25) is 0 Å². The highest BCUT2D eigenvalue weighted by Crippen LogP contribution is 2.32. The zero-order chi connectivity index (χ0) is 48.1. The monoisotopic (exact) mass is 923 g/mol. The van der Waals surface area contributed by atoms with Gasteiger partial charge in [0.15, 0.2) is 29.1 Å². The molecule has 0 N–H and O–H groups in total. The van der Waals surface area contributed by atoms with E-state index in [1.54, 1.807) is 0 Å². The van der Waals surface area contributed by atoms with Crippen LogP contribution in [0.5, 0.6) is 0 Å². The number of benzene rings is 9. The van der Waals surface area contributed by atoms with E-state index in [-0.39, 0.29) is 23.3 Å². The molecule has 9 nitrogen and oxygen atoms in total. The zero-order valence-corrected chi connectivity index (χ0v) is 38.7. The van der Waals surface area contributed by atoms with Crippen molar-refractivity contribution in [1.29, 1.82) is 0 Å². The summed E-state index contributed by atoms with van der Waals surface area (Å²) in [5.41, 5.74) is 12.8. The van der Waals surface area contributed by atoms with Gasteiger partial charge in [-0.3, -0.25) is 0 Å². The second-order valence-corrected chi connectivity index (χ2v) is 17.1. The Balaban J connectivity index is 1.02. The lowest BCUT2D eigenvalue weighted by Gasteiger charge is -2.12. The van der Waals surface area contributed by atoms with Gasteiger partial charge in [-0.25, -0.2) is 44.9 Å². The van der Waals surface area contributed by atoms with E-state index in [0.29, 0.717) is 29.1 Å². The number of nitrogens with zero attached hydrogens (tertiary/aromatic N) is 9. The highest BCUT2D eigenvalue weighted by Gasteiger charge is 2.21. The van der Waals surface area contributed by atoms with Gasteiger partial charge < -0.3 is 0 Å². The highest BCUT2D eigenvalue weighted by atomic mass is 15.1. The number of hydrogen-bond donors (Lipinski definition) is 0. The summed E-state index contributed by atoms with van der Waals surface area (Å²) in [5, 5.41) is 0. The molecule has 9 heteroatoms. The van der Waals surface area contributed by atoms with Crippen LogP contribution in [0.25, 0.3) is 125 Å². The van der Waals surface area contributed by atoms with Crippen molar-refractivity contribution >= 4 is 0 Å². The normalized spacial score (nSPS) is 11.1. The Morgan fingerprint density at radius 3 is 0.444 bits per heavy atom. The summed E-state index contributed by atoms with van der Waals surface area (Å²) in [6.45, 7) is 0. The van der Waals surface area contributed by atoms with Crippen molar-refractivity contribution in [2.75, 3.05) is 0 Å². The summed E-state index contributed by atoms with van der Waals surface area (Å²) in [6.07, 6.45) is 0. The lowest BCUT2D eigenvalue weighted by Crippen LogP contribution is -2.08. The minimum atomic E-state index is 0.230. The minimum Gasteiger partial charge on any atom is -0.208 e. The smallest absolute Gasteiger partial charge is 0.202 e. The number of rotatable bonds is 11. The predicted molar refractivity (Wildman–Crippen MR) is 286 cm³/mol. The van der Waals surface area contributed by atoms with E-state index in [2.05, 4.69) is 97.1 Å². The van der Waals surface area contributed by atoms with Gasteiger partial charge in [0.1, 0.15) is 0 Å². The molecule has 0 saturated heterocycles. The van der Waals surface area contributed by atoms with E-state index in [1.165, 1.54) is 0 Å². The maximum Gasteiger partial charge on any atom is 0.202 e. The van der Waals surface area contributed by atoms with Gasteiger partial charge in [0.25, 0.3) is 0 Å². The molecule has 338 valence electrons. The second-order valence-electron chi connectivity index (χ2n) is 17.1. The lowest BCUT2D eigenvalue weighted by molar-refractivity contribution is 0.978. The van der Waals surface area contributed by atoms with Gasteiger partial charge >= 0.3 is 0 Å². The molecule has 0 saturated carbocycles. The molecular formula is C63H41N9. The maximum absolute atomic E-state index is 5.13. The van der Waals surface area contributed by atoms with Crippen LogP contribution in [-0.2, 0) is 0 Å². The highest BCUT2D eigenvalue weighted by molar-refractivity contribution is 5.75. The van der Waals surface area contributed by atoms with Gasteiger partial charge in [0, 0.05) is 27.8 Å². The third-order valence-electron chi connectivity index (χ3n) is 12.3. The lowest BCUT2D eigenvalue weighted by atomic mass is 10.0. The molecule has 0 aliphatic rings. The van der Waals surface area contributed by atoms with Crippen molar-refractivity contribution in [2.45, 2.75) is 0 Å². The number of aromatic nitrogens is 9. The first-order valence-corrected chi connectivity index (χ1v) is 23.6. The molecule has 3 aromatic heterocycles. The Morgan fingerprint density at radius 2 is 0.236 bits per heavy atom. The summed E-state index contributed by atoms with van der Waals surface area (Å²) in [7, 11) is 0. The van der Waals surface area contributed by atoms with E-state index in [0.717, 1.165) is 72.3 Å². The van der Waals surface area contributed by atoms with Gasteiger partial charge in [-0.2, -0.15) is 0 Å². The molecule has 0 atom stereocenters. The van der Waals surface area contributed by atoms with Crippen LogP contribution in [0.3, 0.4) is 0 Å². The first-order chi connectivity index (χ1) is 35.6. The summed E-state index contributed by atoms with van der Waals surface area (Å²) in [4.78, 5) is 45.8. The Labute approximate surface area is 416 Å². The van der Waals surface area contributed by atoms with Gasteiger partial charge in [0.05, 0.1) is 0 Å². The third-order valence-corrected chi connectivity index (χ3v) is 12.3. The van der Waals surface area contributed by atoms with Crippen molar-refractivity contribution in [3.8, 4) is 125 Å². The molecule has 0 unspecified atom stereocenters. The Bertz CT molecular complexity index is 3350. The molecule has 0 fully saturated rings. The van der Waals surface area contributed by atoms with Crippen LogP contribution in [0.1, 0.15) is 0 Å².